The Balaban J connectivity index is 2.76. The second kappa shape index (κ2) is 15.8. The van der Waals surface area contributed by atoms with Gasteiger partial charge in [0.25, 0.3) is 0 Å². The van der Waals surface area contributed by atoms with E-state index in [0.29, 0.717) is 23.8 Å². The third-order valence-electron chi connectivity index (χ3n) is 4.90. The quantitative estimate of drug-likeness (QED) is 0.0244. The molecule has 0 spiro atoms. The molecule has 0 aliphatic rings. The molecule has 0 saturated heterocycles. The maximum absolute atomic E-state index is 12.7. The van der Waals surface area contributed by atoms with Crippen molar-refractivity contribution in [2.24, 2.45) is 27.3 Å². The number of aldehydes is 1. The number of carbonyl (C=O) groups is 4. The zero-order valence-electron chi connectivity index (χ0n) is 20.4. The second-order valence-electron chi connectivity index (χ2n) is 8.02. The van der Waals surface area contributed by atoms with E-state index in [-0.39, 0.29) is 31.2 Å². The van der Waals surface area contributed by atoms with Crippen molar-refractivity contribution < 1.29 is 37.9 Å². The SMILES string of the molecule is NC(N)=NCCC[C@@H](C=O)NC(=O)CNC(=O)[C@H](CCC(=O)O)NS(=O)(=O)Cc1ccc(/C(N)=N\O)cc1. The van der Waals surface area contributed by atoms with Crippen molar-refractivity contribution in [3.8, 4) is 0 Å². The number of hydrogen-bond acceptors (Lipinski definition) is 9. The maximum Gasteiger partial charge on any atom is 0.303 e. The minimum Gasteiger partial charge on any atom is -0.481 e. The van der Waals surface area contributed by atoms with Gasteiger partial charge in [0.15, 0.2) is 11.8 Å². The predicted octanol–water partition coefficient (Wildman–Crippen LogP) is -2.71. The van der Waals surface area contributed by atoms with Crippen LogP contribution in [0.15, 0.2) is 34.4 Å². The molecule has 0 aliphatic heterocycles. The Labute approximate surface area is 218 Å². The standard InChI is InChI=1S/C21H32N8O8S/c22-19(28-35)14-5-3-13(4-6-14)12-38(36,37)29-16(7-8-18(32)33)20(34)26-10-17(31)27-15(11-30)2-1-9-25-21(23)24/h3-6,11,15-16,29,35H,1-2,7-10,12H2,(H2,22,28)(H,26,34)(H,27,31)(H,32,33)(H4,23,24,25)/t15-,16-/m0/s1. The number of carboxylic acid groups (broad SMARTS) is 1. The maximum atomic E-state index is 12.7. The number of rotatable bonds is 17. The van der Waals surface area contributed by atoms with Crippen molar-refractivity contribution in [2.75, 3.05) is 13.1 Å². The Kier molecular flexibility index (Phi) is 13.2. The van der Waals surface area contributed by atoms with Crippen LogP contribution >= 0.6 is 0 Å². The Morgan fingerprint density at radius 2 is 1.74 bits per heavy atom. The number of carboxylic acids is 1. The normalized spacial score (nSPS) is 13.1. The highest BCUT2D eigenvalue weighted by molar-refractivity contribution is 7.88. The summed E-state index contributed by atoms with van der Waals surface area (Å²) in [5, 5.41) is 25.1. The number of sulfonamides is 1. The summed E-state index contributed by atoms with van der Waals surface area (Å²) in [6, 6.07) is 3.36. The second-order valence-corrected chi connectivity index (χ2v) is 9.77. The summed E-state index contributed by atoms with van der Waals surface area (Å²) in [5.41, 5.74) is 16.5. The van der Waals surface area contributed by atoms with E-state index in [9.17, 15) is 27.6 Å². The lowest BCUT2D eigenvalue weighted by Crippen LogP contribution is -2.50. The summed E-state index contributed by atoms with van der Waals surface area (Å²) in [4.78, 5) is 50.7. The molecule has 0 aliphatic carbocycles. The Bertz CT molecular complexity index is 1130. The van der Waals surface area contributed by atoms with Gasteiger partial charge < -0.3 is 42.9 Å². The lowest BCUT2D eigenvalue weighted by molar-refractivity contribution is -0.137. The van der Waals surface area contributed by atoms with Crippen molar-refractivity contribution in [3.05, 3.63) is 35.4 Å². The summed E-state index contributed by atoms with van der Waals surface area (Å²) in [6.45, 7) is -0.336. The van der Waals surface area contributed by atoms with E-state index >= 15 is 0 Å². The number of benzene rings is 1. The number of amides is 2. The molecule has 11 N–H and O–H groups in total. The van der Waals surface area contributed by atoms with Gasteiger partial charge in [-0.25, -0.2) is 13.1 Å². The van der Waals surface area contributed by atoms with Gasteiger partial charge >= 0.3 is 5.97 Å². The molecule has 16 nitrogen and oxygen atoms in total. The van der Waals surface area contributed by atoms with Crippen LogP contribution in [-0.4, -0.2) is 79.8 Å². The third-order valence-corrected chi connectivity index (χ3v) is 6.26. The molecule has 0 aromatic heterocycles. The molecule has 0 unspecified atom stereocenters. The number of hydrogen-bond donors (Lipinski definition) is 8. The van der Waals surface area contributed by atoms with Gasteiger partial charge in [-0.1, -0.05) is 29.4 Å². The fraction of sp³-hybridized carbons (Fsp3) is 0.429. The molecule has 0 saturated carbocycles. The number of nitrogens with zero attached hydrogens (tertiary/aromatic N) is 2. The van der Waals surface area contributed by atoms with Crippen molar-refractivity contribution in [3.63, 3.8) is 0 Å². The van der Waals surface area contributed by atoms with Gasteiger partial charge in [-0.3, -0.25) is 19.4 Å². The molecule has 38 heavy (non-hydrogen) atoms. The molecule has 2 amide bonds. The molecule has 0 fully saturated rings. The number of aliphatic carboxylic acids is 1. The molecule has 1 rings (SSSR count). The van der Waals surface area contributed by atoms with Crippen molar-refractivity contribution in [1.82, 2.24) is 15.4 Å². The zero-order valence-corrected chi connectivity index (χ0v) is 21.2. The molecule has 1 aromatic rings. The van der Waals surface area contributed by atoms with Gasteiger partial charge in [0.1, 0.15) is 12.3 Å². The molecule has 0 heterocycles. The number of nitrogens with two attached hydrogens (primary N) is 3. The number of nitrogens with one attached hydrogen (secondary N) is 3. The topological polar surface area (TPSA) is 282 Å². The van der Waals surface area contributed by atoms with Crippen molar-refractivity contribution in [2.45, 2.75) is 43.5 Å². The summed E-state index contributed by atoms with van der Waals surface area (Å²) < 4.78 is 27.5. The molecular formula is C21H32N8O8S. The largest absolute Gasteiger partial charge is 0.481 e. The van der Waals surface area contributed by atoms with Gasteiger partial charge in [-0.15, -0.1) is 0 Å². The summed E-state index contributed by atoms with van der Waals surface area (Å²) in [5.74, 6) is -3.73. The van der Waals surface area contributed by atoms with Crippen LogP contribution in [0, 0.1) is 0 Å². The molecule has 2 atom stereocenters. The summed E-state index contributed by atoms with van der Waals surface area (Å²) >= 11 is 0. The highest BCUT2D eigenvalue weighted by Crippen LogP contribution is 2.10. The molecular weight excluding hydrogens is 524 g/mol. The van der Waals surface area contributed by atoms with Crippen LogP contribution in [0.3, 0.4) is 0 Å². The first kappa shape index (κ1) is 31.8. The average Bonchev–Trinajstić information content (AvgIpc) is 2.86. The van der Waals surface area contributed by atoms with Crippen LogP contribution < -0.4 is 32.6 Å². The molecule has 1 aromatic carbocycles. The minimum atomic E-state index is -4.14. The molecule has 0 radical (unpaired) electrons. The minimum absolute atomic E-state index is 0.108. The highest BCUT2D eigenvalue weighted by Gasteiger charge is 2.26. The van der Waals surface area contributed by atoms with E-state index in [1.807, 2.05) is 0 Å². The zero-order chi connectivity index (χ0) is 28.7. The number of carbonyl (C=O) groups excluding carboxylic acids is 3. The first-order chi connectivity index (χ1) is 17.9. The summed E-state index contributed by atoms with van der Waals surface area (Å²) in [6.07, 6.45) is 0.243. The number of aliphatic imine (C=N–C) groups is 1. The predicted molar refractivity (Wildman–Crippen MR) is 136 cm³/mol. The summed E-state index contributed by atoms with van der Waals surface area (Å²) in [7, 11) is -4.14. The average molecular weight is 557 g/mol. The molecule has 0 bridgehead atoms. The number of amidine groups is 1. The first-order valence-corrected chi connectivity index (χ1v) is 12.9. The third kappa shape index (κ3) is 12.6. The van der Waals surface area contributed by atoms with Crippen LogP contribution in [0.2, 0.25) is 0 Å². The fourth-order valence-corrected chi connectivity index (χ4v) is 4.43. The van der Waals surface area contributed by atoms with Gasteiger partial charge in [-0.05, 0) is 24.8 Å². The van der Waals surface area contributed by atoms with Gasteiger partial charge in [0.2, 0.25) is 21.8 Å². The van der Waals surface area contributed by atoms with Crippen LogP contribution in [0.5, 0.6) is 0 Å². The van der Waals surface area contributed by atoms with E-state index < -0.39 is 58.6 Å². The smallest absolute Gasteiger partial charge is 0.303 e. The highest BCUT2D eigenvalue weighted by atomic mass is 32.2. The monoisotopic (exact) mass is 556 g/mol. The van der Waals surface area contributed by atoms with Crippen LogP contribution in [-0.2, 0) is 35.0 Å². The Morgan fingerprint density at radius 3 is 2.29 bits per heavy atom. The van der Waals surface area contributed by atoms with Crippen LogP contribution in [0.1, 0.15) is 36.8 Å². The lowest BCUT2D eigenvalue weighted by atomic mass is 10.1. The van der Waals surface area contributed by atoms with E-state index in [2.05, 4.69) is 25.5 Å². The number of oxime groups is 1. The van der Waals surface area contributed by atoms with Crippen molar-refractivity contribution in [1.29, 1.82) is 0 Å². The Morgan fingerprint density at radius 1 is 1.08 bits per heavy atom. The van der Waals surface area contributed by atoms with Gasteiger partial charge in [0.05, 0.1) is 18.3 Å². The van der Waals surface area contributed by atoms with E-state index in [4.69, 9.17) is 27.5 Å². The number of guanidine groups is 1. The van der Waals surface area contributed by atoms with Crippen LogP contribution in [0.25, 0.3) is 0 Å². The molecule has 210 valence electrons. The van der Waals surface area contributed by atoms with E-state index in [1.165, 1.54) is 24.3 Å². The Hall–Kier alpha value is -4.25. The fourth-order valence-electron chi connectivity index (χ4n) is 3.06. The lowest BCUT2D eigenvalue weighted by Gasteiger charge is -2.18. The first-order valence-electron chi connectivity index (χ1n) is 11.2. The van der Waals surface area contributed by atoms with Crippen molar-refractivity contribution >= 4 is 45.9 Å². The van der Waals surface area contributed by atoms with Gasteiger partial charge in [0, 0.05) is 18.5 Å². The van der Waals surface area contributed by atoms with Gasteiger partial charge in [-0.2, -0.15) is 0 Å². The van der Waals surface area contributed by atoms with E-state index in [0.717, 1.165) is 0 Å². The van der Waals surface area contributed by atoms with Crippen LogP contribution in [0.4, 0.5) is 0 Å². The van der Waals surface area contributed by atoms with E-state index in [1.54, 1.807) is 0 Å². The molecule has 17 heteroatoms.